The van der Waals surface area contributed by atoms with Crippen LogP contribution in [0.15, 0.2) is 26.2 Å². The standard InChI is InChI=1S/C9H10Br2N2O/c1-2-14-13-5-6-3-7(10)4-8(11)9(6)12/h3-5H,2,12H2,1H3/b13-5+. The van der Waals surface area contributed by atoms with Crippen LogP contribution in [0.5, 0.6) is 0 Å². The van der Waals surface area contributed by atoms with Crippen molar-refractivity contribution in [2.24, 2.45) is 5.16 Å². The summed E-state index contributed by atoms with van der Waals surface area (Å²) < 4.78 is 1.78. The fourth-order valence-electron chi connectivity index (χ4n) is 0.880. The van der Waals surface area contributed by atoms with Crippen molar-refractivity contribution < 1.29 is 4.84 Å². The van der Waals surface area contributed by atoms with E-state index in [1.54, 1.807) is 6.21 Å². The topological polar surface area (TPSA) is 47.6 Å². The number of rotatable bonds is 3. The average Bonchev–Trinajstić information content (AvgIpc) is 2.13. The van der Waals surface area contributed by atoms with Crippen molar-refractivity contribution in [1.29, 1.82) is 0 Å². The molecule has 1 rings (SSSR count). The van der Waals surface area contributed by atoms with Crippen LogP contribution in [0.25, 0.3) is 0 Å². The summed E-state index contributed by atoms with van der Waals surface area (Å²) >= 11 is 6.72. The third kappa shape index (κ3) is 2.99. The highest BCUT2D eigenvalue weighted by molar-refractivity contribution is 9.11. The lowest BCUT2D eigenvalue weighted by molar-refractivity contribution is 0.160. The maximum atomic E-state index is 5.82. The molecule has 0 heterocycles. The number of halogens is 2. The van der Waals surface area contributed by atoms with Gasteiger partial charge in [-0.15, -0.1) is 0 Å². The van der Waals surface area contributed by atoms with Gasteiger partial charge in [0, 0.05) is 14.5 Å². The van der Waals surface area contributed by atoms with Crippen molar-refractivity contribution in [3.05, 3.63) is 26.6 Å². The molecule has 0 aliphatic heterocycles. The number of hydrogen-bond donors (Lipinski definition) is 1. The molecule has 0 atom stereocenters. The molecule has 0 unspecified atom stereocenters. The first-order valence-electron chi connectivity index (χ1n) is 4.05. The highest BCUT2D eigenvalue weighted by atomic mass is 79.9. The molecule has 14 heavy (non-hydrogen) atoms. The predicted octanol–water partition coefficient (Wildman–Crippen LogP) is 3.16. The molecule has 3 nitrogen and oxygen atoms in total. The van der Waals surface area contributed by atoms with Crippen molar-refractivity contribution in [1.82, 2.24) is 0 Å². The van der Waals surface area contributed by atoms with Gasteiger partial charge in [-0.05, 0) is 35.0 Å². The Morgan fingerprint density at radius 1 is 1.50 bits per heavy atom. The normalized spacial score (nSPS) is 10.8. The molecule has 0 saturated heterocycles. The average molecular weight is 322 g/mol. The molecule has 0 fully saturated rings. The van der Waals surface area contributed by atoms with E-state index in [-0.39, 0.29) is 0 Å². The molecular formula is C9H10Br2N2O. The lowest BCUT2D eigenvalue weighted by Crippen LogP contribution is -1.95. The van der Waals surface area contributed by atoms with E-state index < -0.39 is 0 Å². The monoisotopic (exact) mass is 320 g/mol. The zero-order valence-electron chi connectivity index (χ0n) is 7.63. The van der Waals surface area contributed by atoms with Gasteiger partial charge >= 0.3 is 0 Å². The number of anilines is 1. The third-order valence-corrected chi connectivity index (χ3v) is 2.64. The summed E-state index contributed by atoms with van der Waals surface area (Å²) in [5.41, 5.74) is 7.29. The molecule has 0 amide bonds. The van der Waals surface area contributed by atoms with Crippen molar-refractivity contribution >= 4 is 43.8 Å². The van der Waals surface area contributed by atoms with Crippen LogP contribution in [-0.4, -0.2) is 12.8 Å². The number of benzene rings is 1. The molecule has 0 aromatic heterocycles. The Labute approximate surface area is 99.6 Å². The summed E-state index contributed by atoms with van der Waals surface area (Å²) in [5, 5.41) is 3.76. The van der Waals surface area contributed by atoms with Crippen LogP contribution in [-0.2, 0) is 4.84 Å². The van der Waals surface area contributed by atoms with Gasteiger partial charge in [0.25, 0.3) is 0 Å². The van der Waals surface area contributed by atoms with Gasteiger partial charge in [0.1, 0.15) is 6.61 Å². The number of oxime groups is 1. The quantitative estimate of drug-likeness (QED) is 0.528. The van der Waals surface area contributed by atoms with Gasteiger partial charge in [0.2, 0.25) is 0 Å². The Bertz CT molecular complexity index is 353. The van der Waals surface area contributed by atoms with E-state index in [4.69, 9.17) is 10.6 Å². The number of nitrogens with zero attached hydrogens (tertiary/aromatic N) is 1. The molecule has 76 valence electrons. The molecule has 0 aliphatic carbocycles. The SMILES string of the molecule is CCO/N=C/c1cc(Br)cc(Br)c1N. The van der Waals surface area contributed by atoms with Gasteiger partial charge in [0.05, 0.1) is 11.9 Å². The maximum absolute atomic E-state index is 5.82. The van der Waals surface area contributed by atoms with E-state index in [1.807, 2.05) is 19.1 Å². The molecule has 0 saturated carbocycles. The number of hydrogen-bond acceptors (Lipinski definition) is 3. The molecule has 1 aromatic carbocycles. The lowest BCUT2D eigenvalue weighted by atomic mass is 10.2. The zero-order chi connectivity index (χ0) is 10.6. The number of nitrogens with two attached hydrogens (primary N) is 1. The smallest absolute Gasteiger partial charge is 0.114 e. The van der Waals surface area contributed by atoms with E-state index in [0.717, 1.165) is 14.5 Å². The van der Waals surface area contributed by atoms with Crippen LogP contribution in [0.3, 0.4) is 0 Å². The van der Waals surface area contributed by atoms with Crippen LogP contribution in [0.2, 0.25) is 0 Å². The lowest BCUT2D eigenvalue weighted by Gasteiger charge is -2.03. The van der Waals surface area contributed by atoms with Crippen LogP contribution in [0.1, 0.15) is 12.5 Å². The van der Waals surface area contributed by atoms with Gasteiger partial charge in [-0.1, -0.05) is 21.1 Å². The van der Waals surface area contributed by atoms with E-state index in [2.05, 4.69) is 37.0 Å². The summed E-state index contributed by atoms with van der Waals surface area (Å²) in [7, 11) is 0. The van der Waals surface area contributed by atoms with Gasteiger partial charge in [-0.25, -0.2) is 0 Å². The third-order valence-electron chi connectivity index (χ3n) is 1.52. The zero-order valence-corrected chi connectivity index (χ0v) is 10.8. The molecule has 0 bridgehead atoms. The summed E-state index contributed by atoms with van der Waals surface area (Å²) in [4.78, 5) is 4.86. The Morgan fingerprint density at radius 2 is 2.21 bits per heavy atom. The second-order valence-corrected chi connectivity index (χ2v) is 4.31. The molecule has 5 heteroatoms. The molecule has 2 N–H and O–H groups in total. The summed E-state index contributed by atoms with van der Waals surface area (Å²) in [6.07, 6.45) is 1.59. The minimum absolute atomic E-state index is 0.547. The van der Waals surface area contributed by atoms with Crippen LogP contribution in [0, 0.1) is 0 Å². The largest absolute Gasteiger partial charge is 0.397 e. The molecule has 1 aromatic rings. The van der Waals surface area contributed by atoms with Crippen molar-refractivity contribution in [3.63, 3.8) is 0 Å². The van der Waals surface area contributed by atoms with Crippen LogP contribution >= 0.6 is 31.9 Å². The summed E-state index contributed by atoms with van der Waals surface area (Å²) in [6.45, 7) is 2.42. The van der Waals surface area contributed by atoms with E-state index >= 15 is 0 Å². The van der Waals surface area contributed by atoms with Crippen LogP contribution < -0.4 is 5.73 Å². The highest BCUT2D eigenvalue weighted by Gasteiger charge is 2.02. The maximum Gasteiger partial charge on any atom is 0.114 e. The van der Waals surface area contributed by atoms with Gasteiger partial charge in [-0.3, -0.25) is 0 Å². The van der Waals surface area contributed by atoms with Crippen LogP contribution in [0.4, 0.5) is 5.69 Å². The second-order valence-electron chi connectivity index (χ2n) is 2.54. The fourth-order valence-corrected chi connectivity index (χ4v) is 2.14. The number of nitrogen functional groups attached to an aromatic ring is 1. The second kappa shape index (κ2) is 5.36. The molecular weight excluding hydrogens is 312 g/mol. The van der Waals surface area contributed by atoms with Crippen molar-refractivity contribution in [3.8, 4) is 0 Å². The predicted molar refractivity (Wildman–Crippen MR) is 65.5 cm³/mol. The Morgan fingerprint density at radius 3 is 2.86 bits per heavy atom. The Balaban J connectivity index is 2.96. The first-order valence-corrected chi connectivity index (χ1v) is 5.63. The van der Waals surface area contributed by atoms with Gasteiger partial charge < -0.3 is 10.6 Å². The van der Waals surface area contributed by atoms with E-state index in [0.29, 0.717) is 12.3 Å². The highest BCUT2D eigenvalue weighted by Crippen LogP contribution is 2.27. The first kappa shape index (κ1) is 11.5. The van der Waals surface area contributed by atoms with E-state index in [9.17, 15) is 0 Å². The minimum atomic E-state index is 0.547. The van der Waals surface area contributed by atoms with E-state index in [1.165, 1.54) is 0 Å². The Kier molecular flexibility index (Phi) is 4.41. The minimum Gasteiger partial charge on any atom is -0.397 e. The van der Waals surface area contributed by atoms with Crippen molar-refractivity contribution in [2.45, 2.75) is 6.92 Å². The van der Waals surface area contributed by atoms with Gasteiger partial charge in [-0.2, -0.15) is 0 Å². The molecule has 0 aliphatic rings. The van der Waals surface area contributed by atoms with Gasteiger partial charge in [0.15, 0.2) is 0 Å². The molecule has 0 spiro atoms. The summed E-state index contributed by atoms with van der Waals surface area (Å²) in [5.74, 6) is 0. The Hall–Kier alpha value is -0.550. The summed E-state index contributed by atoms with van der Waals surface area (Å²) in [6, 6.07) is 3.76. The first-order chi connectivity index (χ1) is 6.65. The van der Waals surface area contributed by atoms with Crippen molar-refractivity contribution in [2.75, 3.05) is 12.3 Å². The molecule has 0 radical (unpaired) electrons. The fraction of sp³-hybridized carbons (Fsp3) is 0.222.